The van der Waals surface area contributed by atoms with Gasteiger partial charge in [0, 0.05) is 18.9 Å². The van der Waals surface area contributed by atoms with Crippen LogP contribution >= 0.6 is 0 Å². The molecule has 0 unspecified atom stereocenters. The van der Waals surface area contributed by atoms with Crippen LogP contribution in [0.15, 0.2) is 49.1 Å². The summed E-state index contributed by atoms with van der Waals surface area (Å²) in [5, 5.41) is 0. The van der Waals surface area contributed by atoms with Crippen LogP contribution in [-0.4, -0.2) is 9.55 Å². The normalized spacial score (nSPS) is 10.8. The Morgan fingerprint density at radius 2 is 1.50 bits per heavy atom. The molecule has 0 atom stereocenters. The van der Waals surface area contributed by atoms with E-state index in [1.165, 1.54) is 56.9 Å². The highest BCUT2D eigenvalue weighted by atomic mass is 15.0. The van der Waals surface area contributed by atoms with Crippen LogP contribution in [0, 0.1) is 0 Å². The van der Waals surface area contributed by atoms with Gasteiger partial charge in [-0.25, -0.2) is 4.98 Å². The Morgan fingerprint density at radius 1 is 0.800 bits per heavy atom. The van der Waals surface area contributed by atoms with Gasteiger partial charge in [-0.3, -0.25) is 0 Å². The highest BCUT2D eigenvalue weighted by molar-refractivity contribution is 5.14. The van der Waals surface area contributed by atoms with Gasteiger partial charge in [0.15, 0.2) is 0 Å². The summed E-state index contributed by atoms with van der Waals surface area (Å²) in [6.07, 6.45) is 16.5. The van der Waals surface area contributed by atoms with E-state index in [0.717, 1.165) is 6.54 Å². The van der Waals surface area contributed by atoms with E-state index in [1.807, 2.05) is 18.7 Å². The molecule has 0 bridgehead atoms. The lowest BCUT2D eigenvalue weighted by molar-refractivity contribution is 0.545. The quantitative estimate of drug-likeness (QED) is 0.564. The number of nitrogens with zero attached hydrogens (tertiary/aromatic N) is 2. The van der Waals surface area contributed by atoms with Gasteiger partial charge in [0.25, 0.3) is 0 Å². The highest BCUT2D eigenvalue weighted by Gasteiger charge is 1.95. The van der Waals surface area contributed by atoms with Crippen molar-refractivity contribution in [3.05, 3.63) is 54.6 Å². The monoisotopic (exact) mass is 270 g/mol. The fourth-order valence-electron chi connectivity index (χ4n) is 2.57. The third kappa shape index (κ3) is 6.05. The zero-order valence-corrected chi connectivity index (χ0v) is 12.4. The zero-order chi connectivity index (χ0) is 13.9. The Morgan fingerprint density at radius 3 is 2.20 bits per heavy atom. The number of unbranched alkanes of at least 4 members (excludes halogenated alkanes) is 6. The number of rotatable bonds is 10. The molecule has 2 rings (SSSR count). The molecule has 20 heavy (non-hydrogen) atoms. The number of aromatic nitrogens is 2. The Bertz CT molecular complexity index is 434. The Kier molecular flexibility index (Phi) is 6.94. The van der Waals surface area contributed by atoms with E-state index in [2.05, 4.69) is 39.9 Å². The van der Waals surface area contributed by atoms with Crippen molar-refractivity contribution in [1.82, 2.24) is 9.55 Å². The number of imidazole rings is 1. The van der Waals surface area contributed by atoms with Crippen molar-refractivity contribution in [3.63, 3.8) is 0 Å². The van der Waals surface area contributed by atoms with Gasteiger partial charge in [0.05, 0.1) is 6.33 Å². The lowest BCUT2D eigenvalue weighted by Gasteiger charge is -2.03. The standard InChI is InChI=1S/C18H26N2/c1(3-5-10-15-20-16-14-19-17-20)2-4-7-11-18-12-8-6-9-13-18/h6,8-9,12-14,16-17H,1-5,7,10-11,15H2. The number of hydrogen-bond donors (Lipinski definition) is 0. The van der Waals surface area contributed by atoms with Gasteiger partial charge in [-0.2, -0.15) is 0 Å². The van der Waals surface area contributed by atoms with Crippen molar-refractivity contribution in [3.8, 4) is 0 Å². The van der Waals surface area contributed by atoms with E-state index in [0.29, 0.717) is 0 Å². The third-order valence-electron chi connectivity index (χ3n) is 3.78. The Hall–Kier alpha value is -1.57. The second kappa shape index (κ2) is 9.35. The molecule has 0 aliphatic rings. The lowest BCUT2D eigenvalue weighted by atomic mass is 10.0. The maximum atomic E-state index is 4.06. The maximum Gasteiger partial charge on any atom is 0.0945 e. The summed E-state index contributed by atoms with van der Waals surface area (Å²) in [4.78, 5) is 4.06. The fraction of sp³-hybridized carbons (Fsp3) is 0.500. The van der Waals surface area contributed by atoms with E-state index >= 15 is 0 Å². The van der Waals surface area contributed by atoms with Crippen LogP contribution in [0.4, 0.5) is 0 Å². The van der Waals surface area contributed by atoms with Crippen LogP contribution in [-0.2, 0) is 13.0 Å². The van der Waals surface area contributed by atoms with Gasteiger partial charge in [-0.15, -0.1) is 0 Å². The molecule has 0 aliphatic heterocycles. The molecule has 2 heteroatoms. The molecule has 2 nitrogen and oxygen atoms in total. The van der Waals surface area contributed by atoms with Gasteiger partial charge in [0.2, 0.25) is 0 Å². The summed E-state index contributed by atoms with van der Waals surface area (Å²) in [6, 6.07) is 10.8. The van der Waals surface area contributed by atoms with Gasteiger partial charge in [-0.05, 0) is 24.8 Å². The van der Waals surface area contributed by atoms with E-state index in [9.17, 15) is 0 Å². The summed E-state index contributed by atoms with van der Waals surface area (Å²) in [6.45, 7) is 1.12. The van der Waals surface area contributed by atoms with Gasteiger partial charge in [-0.1, -0.05) is 62.4 Å². The molecular weight excluding hydrogens is 244 g/mol. The first-order valence-electron chi connectivity index (χ1n) is 7.95. The van der Waals surface area contributed by atoms with Crippen molar-refractivity contribution < 1.29 is 0 Å². The fourth-order valence-corrected chi connectivity index (χ4v) is 2.57. The average molecular weight is 270 g/mol. The molecule has 0 amide bonds. The van der Waals surface area contributed by atoms with Gasteiger partial charge in [0.1, 0.15) is 0 Å². The first-order chi connectivity index (χ1) is 9.95. The first kappa shape index (κ1) is 14.8. The zero-order valence-electron chi connectivity index (χ0n) is 12.4. The maximum absolute atomic E-state index is 4.06. The van der Waals surface area contributed by atoms with E-state index in [-0.39, 0.29) is 0 Å². The number of benzene rings is 1. The molecule has 0 spiro atoms. The van der Waals surface area contributed by atoms with Gasteiger partial charge < -0.3 is 4.57 Å². The molecular formula is C18H26N2. The predicted octanol–water partition coefficient (Wildman–Crippen LogP) is 4.86. The molecule has 0 fully saturated rings. The summed E-state index contributed by atoms with van der Waals surface area (Å²) < 4.78 is 2.17. The summed E-state index contributed by atoms with van der Waals surface area (Å²) in [5.74, 6) is 0. The highest BCUT2D eigenvalue weighted by Crippen LogP contribution is 2.11. The van der Waals surface area contributed by atoms with E-state index < -0.39 is 0 Å². The summed E-state index contributed by atoms with van der Waals surface area (Å²) in [7, 11) is 0. The molecule has 0 saturated carbocycles. The third-order valence-corrected chi connectivity index (χ3v) is 3.78. The van der Waals surface area contributed by atoms with Crippen molar-refractivity contribution in [2.24, 2.45) is 0 Å². The molecule has 1 heterocycles. The molecule has 0 aliphatic carbocycles. The predicted molar refractivity (Wildman–Crippen MR) is 84.7 cm³/mol. The van der Waals surface area contributed by atoms with Crippen LogP contribution in [0.1, 0.15) is 50.5 Å². The molecule has 1 aromatic heterocycles. The van der Waals surface area contributed by atoms with Crippen molar-refractivity contribution in [1.29, 1.82) is 0 Å². The van der Waals surface area contributed by atoms with Crippen LogP contribution < -0.4 is 0 Å². The van der Waals surface area contributed by atoms with Crippen molar-refractivity contribution in [2.75, 3.05) is 0 Å². The van der Waals surface area contributed by atoms with Crippen LogP contribution in [0.5, 0.6) is 0 Å². The van der Waals surface area contributed by atoms with Crippen LogP contribution in [0.2, 0.25) is 0 Å². The molecule has 0 radical (unpaired) electrons. The SMILES string of the molecule is c1ccc(CCCCCCCCCn2ccnc2)cc1. The minimum absolute atomic E-state index is 1.12. The van der Waals surface area contributed by atoms with Crippen LogP contribution in [0.3, 0.4) is 0 Å². The second-order valence-corrected chi connectivity index (χ2v) is 5.51. The van der Waals surface area contributed by atoms with Gasteiger partial charge >= 0.3 is 0 Å². The summed E-state index contributed by atoms with van der Waals surface area (Å²) in [5.41, 5.74) is 1.48. The molecule has 2 aromatic rings. The Labute approximate surface area is 122 Å². The Balaban J connectivity index is 1.39. The van der Waals surface area contributed by atoms with Crippen LogP contribution in [0.25, 0.3) is 0 Å². The molecule has 108 valence electrons. The van der Waals surface area contributed by atoms with E-state index in [1.54, 1.807) is 0 Å². The topological polar surface area (TPSA) is 17.8 Å². The van der Waals surface area contributed by atoms with Crippen molar-refractivity contribution >= 4 is 0 Å². The minimum atomic E-state index is 1.12. The second-order valence-electron chi connectivity index (χ2n) is 5.51. The van der Waals surface area contributed by atoms with Crippen molar-refractivity contribution in [2.45, 2.75) is 57.9 Å². The molecule has 1 aromatic carbocycles. The smallest absolute Gasteiger partial charge is 0.0945 e. The van der Waals surface area contributed by atoms with E-state index in [4.69, 9.17) is 0 Å². The number of hydrogen-bond acceptors (Lipinski definition) is 1. The molecule has 0 N–H and O–H groups in total. The largest absolute Gasteiger partial charge is 0.337 e. The average Bonchev–Trinajstić information content (AvgIpc) is 3.00. The lowest BCUT2D eigenvalue weighted by Crippen LogP contribution is -1.94. The number of aryl methyl sites for hydroxylation is 2. The molecule has 0 saturated heterocycles. The minimum Gasteiger partial charge on any atom is -0.337 e. The first-order valence-corrected chi connectivity index (χ1v) is 7.95. The summed E-state index contributed by atoms with van der Waals surface area (Å²) >= 11 is 0.